The van der Waals surface area contributed by atoms with E-state index in [1.807, 2.05) is 0 Å². The second-order valence-electron chi connectivity index (χ2n) is 3.42. The van der Waals surface area contributed by atoms with Crippen LogP contribution in [0.15, 0.2) is 5.16 Å². The van der Waals surface area contributed by atoms with Crippen LogP contribution in [0, 0.1) is 0 Å². The molecule has 0 radical (unpaired) electrons. The molecule has 0 aliphatic heterocycles. The lowest BCUT2D eigenvalue weighted by Crippen LogP contribution is -2.36. The van der Waals surface area contributed by atoms with E-state index in [1.54, 1.807) is 18.9 Å². The first-order valence-corrected chi connectivity index (χ1v) is 4.63. The van der Waals surface area contributed by atoms with Gasteiger partial charge in [-0.05, 0) is 14.0 Å². The Labute approximate surface area is 91.6 Å². The summed E-state index contributed by atoms with van der Waals surface area (Å²) >= 11 is 0. The van der Waals surface area contributed by atoms with E-state index in [0.29, 0.717) is 0 Å². The highest BCUT2D eigenvalue weighted by Gasteiger charge is 2.28. The monoisotopic (exact) mass is 243 g/mol. The third-order valence-corrected chi connectivity index (χ3v) is 2.10. The normalized spacial score (nSPS) is 15.5. The first-order chi connectivity index (χ1) is 7.26. The number of rotatable bonds is 6. The molecule has 8 heteroatoms. The summed E-state index contributed by atoms with van der Waals surface area (Å²) in [6, 6.07) is -0.132. The molecule has 0 aromatic heterocycles. The second kappa shape index (κ2) is 6.54. The number of oxime groups is 1. The highest BCUT2D eigenvalue weighted by Crippen LogP contribution is 2.15. The Kier molecular flexibility index (Phi) is 6.12. The number of ether oxygens (including phenoxy) is 1. The zero-order chi connectivity index (χ0) is 12.8. The molecule has 0 aliphatic rings. The van der Waals surface area contributed by atoms with E-state index in [0.717, 1.165) is 0 Å². The number of likely N-dealkylation sites (N-methyl/N-ethyl adjacent to an activating group) is 1. The number of halogens is 3. The van der Waals surface area contributed by atoms with Crippen LogP contribution in [0.1, 0.15) is 13.3 Å². The minimum atomic E-state index is -4.60. The second-order valence-corrected chi connectivity index (χ2v) is 3.42. The standard InChI is InChI=1S/C8H16F3N3O2/c1-6(5-7(12)13-15)14(2)3-4-16-8(9,10)11/h6,15H,3-5H2,1-2H3,(H2,12,13). The first-order valence-electron chi connectivity index (χ1n) is 4.63. The average molecular weight is 243 g/mol. The van der Waals surface area contributed by atoms with Gasteiger partial charge in [0.2, 0.25) is 0 Å². The molecule has 1 atom stereocenters. The molecule has 0 aromatic carbocycles. The largest absolute Gasteiger partial charge is 0.522 e. The lowest BCUT2D eigenvalue weighted by molar-refractivity contribution is -0.325. The minimum Gasteiger partial charge on any atom is -0.409 e. The molecule has 96 valence electrons. The zero-order valence-electron chi connectivity index (χ0n) is 9.16. The highest BCUT2D eigenvalue weighted by atomic mass is 19.4. The molecule has 16 heavy (non-hydrogen) atoms. The molecule has 5 nitrogen and oxygen atoms in total. The van der Waals surface area contributed by atoms with E-state index in [4.69, 9.17) is 10.9 Å². The Morgan fingerprint density at radius 3 is 2.56 bits per heavy atom. The van der Waals surface area contributed by atoms with Crippen LogP contribution in [0.4, 0.5) is 13.2 Å². The molecule has 0 rings (SSSR count). The van der Waals surface area contributed by atoms with Gasteiger partial charge in [0.25, 0.3) is 0 Å². The van der Waals surface area contributed by atoms with Crippen molar-refractivity contribution in [3.8, 4) is 0 Å². The van der Waals surface area contributed by atoms with Crippen molar-refractivity contribution in [3.05, 3.63) is 0 Å². The number of hydrogen-bond donors (Lipinski definition) is 2. The Balaban J connectivity index is 3.84. The molecule has 0 amide bonds. The number of amidine groups is 1. The Bertz CT molecular complexity index is 233. The van der Waals surface area contributed by atoms with Gasteiger partial charge in [-0.15, -0.1) is 13.2 Å². The number of nitrogens with zero attached hydrogens (tertiary/aromatic N) is 2. The maximum absolute atomic E-state index is 11.7. The summed E-state index contributed by atoms with van der Waals surface area (Å²) in [7, 11) is 1.63. The van der Waals surface area contributed by atoms with Gasteiger partial charge in [0.05, 0.1) is 6.61 Å². The molecule has 0 spiro atoms. The van der Waals surface area contributed by atoms with Crippen LogP contribution in [0.3, 0.4) is 0 Å². The van der Waals surface area contributed by atoms with Crippen molar-refractivity contribution in [3.63, 3.8) is 0 Å². The lowest BCUT2D eigenvalue weighted by atomic mass is 10.2. The molecular weight excluding hydrogens is 227 g/mol. The fourth-order valence-electron chi connectivity index (χ4n) is 1.03. The molecule has 0 aliphatic carbocycles. The predicted octanol–water partition coefficient (Wildman–Crippen LogP) is 0.980. The SMILES string of the molecule is CC(CC(N)=NO)N(C)CCOC(F)(F)F. The summed E-state index contributed by atoms with van der Waals surface area (Å²) in [6.45, 7) is 1.42. The zero-order valence-corrected chi connectivity index (χ0v) is 9.16. The molecule has 0 bridgehead atoms. The summed E-state index contributed by atoms with van der Waals surface area (Å²) in [6.07, 6.45) is -4.32. The van der Waals surface area contributed by atoms with Crippen LogP contribution >= 0.6 is 0 Å². The third-order valence-electron chi connectivity index (χ3n) is 2.10. The maximum Gasteiger partial charge on any atom is 0.522 e. The number of nitrogens with two attached hydrogens (primary N) is 1. The topological polar surface area (TPSA) is 71.1 Å². The molecule has 0 saturated carbocycles. The van der Waals surface area contributed by atoms with Gasteiger partial charge in [0.1, 0.15) is 5.84 Å². The van der Waals surface area contributed by atoms with Crippen molar-refractivity contribution in [2.24, 2.45) is 10.9 Å². The fourth-order valence-corrected chi connectivity index (χ4v) is 1.03. The van der Waals surface area contributed by atoms with E-state index >= 15 is 0 Å². The van der Waals surface area contributed by atoms with Gasteiger partial charge in [0.15, 0.2) is 0 Å². The summed E-state index contributed by atoms with van der Waals surface area (Å²) < 4.78 is 38.6. The van der Waals surface area contributed by atoms with Gasteiger partial charge < -0.3 is 15.8 Å². The van der Waals surface area contributed by atoms with Gasteiger partial charge in [-0.25, -0.2) is 0 Å². The van der Waals surface area contributed by atoms with Crippen molar-refractivity contribution < 1.29 is 23.1 Å². The molecule has 3 N–H and O–H groups in total. The van der Waals surface area contributed by atoms with Crippen LogP contribution in [-0.2, 0) is 4.74 Å². The van der Waals surface area contributed by atoms with Gasteiger partial charge in [-0.2, -0.15) is 0 Å². The summed E-state index contributed by atoms with van der Waals surface area (Å²) in [4.78, 5) is 1.63. The third kappa shape index (κ3) is 7.30. The van der Waals surface area contributed by atoms with Crippen LogP contribution < -0.4 is 5.73 Å². The lowest BCUT2D eigenvalue weighted by Gasteiger charge is -2.24. The number of hydrogen-bond acceptors (Lipinski definition) is 4. The van der Waals surface area contributed by atoms with Crippen LogP contribution in [0.2, 0.25) is 0 Å². The molecule has 0 heterocycles. The smallest absolute Gasteiger partial charge is 0.409 e. The van der Waals surface area contributed by atoms with Crippen molar-refractivity contribution in [2.75, 3.05) is 20.2 Å². The average Bonchev–Trinajstić information content (AvgIpc) is 2.15. The van der Waals surface area contributed by atoms with Crippen molar-refractivity contribution in [1.29, 1.82) is 0 Å². The van der Waals surface area contributed by atoms with Gasteiger partial charge in [-0.1, -0.05) is 5.16 Å². The summed E-state index contributed by atoms with van der Waals surface area (Å²) in [5, 5.41) is 11.1. The van der Waals surface area contributed by atoms with Gasteiger partial charge in [0, 0.05) is 19.0 Å². The Morgan fingerprint density at radius 1 is 1.56 bits per heavy atom. The van der Waals surface area contributed by atoms with E-state index in [1.165, 1.54) is 0 Å². The molecule has 0 aromatic rings. The highest BCUT2D eigenvalue weighted by molar-refractivity contribution is 5.80. The molecule has 1 unspecified atom stereocenters. The quantitative estimate of drug-likeness (QED) is 0.316. The first kappa shape index (κ1) is 15.0. The van der Waals surface area contributed by atoms with E-state index < -0.39 is 13.0 Å². The number of alkyl halides is 3. The molecule has 0 fully saturated rings. The summed E-state index contributed by atoms with van der Waals surface area (Å²) in [5.41, 5.74) is 5.27. The maximum atomic E-state index is 11.7. The van der Waals surface area contributed by atoms with Crippen molar-refractivity contribution in [2.45, 2.75) is 25.7 Å². The Hall–Kier alpha value is -1.02. The van der Waals surface area contributed by atoms with Gasteiger partial charge >= 0.3 is 6.36 Å². The van der Waals surface area contributed by atoms with Crippen molar-refractivity contribution in [1.82, 2.24) is 4.90 Å². The predicted molar refractivity (Wildman–Crippen MR) is 52.1 cm³/mol. The molecular formula is C8H16F3N3O2. The van der Waals surface area contributed by atoms with E-state index in [2.05, 4.69) is 9.89 Å². The molecule has 0 saturated heterocycles. The van der Waals surface area contributed by atoms with Crippen molar-refractivity contribution >= 4 is 5.84 Å². The Morgan fingerprint density at radius 2 is 2.12 bits per heavy atom. The van der Waals surface area contributed by atoms with Gasteiger partial charge in [-0.3, -0.25) is 4.74 Å². The van der Waals surface area contributed by atoms with Crippen LogP contribution in [0.5, 0.6) is 0 Å². The fraction of sp³-hybridized carbons (Fsp3) is 0.875. The summed E-state index contributed by atoms with van der Waals surface area (Å²) in [5.74, 6) is 0.0380. The van der Waals surface area contributed by atoms with E-state index in [-0.39, 0.29) is 24.8 Å². The van der Waals surface area contributed by atoms with Crippen LogP contribution in [-0.4, -0.2) is 48.5 Å². The van der Waals surface area contributed by atoms with E-state index in [9.17, 15) is 13.2 Å². The minimum absolute atomic E-state index is 0.0380. The van der Waals surface area contributed by atoms with Crippen LogP contribution in [0.25, 0.3) is 0 Å².